The van der Waals surface area contributed by atoms with E-state index in [0.717, 1.165) is 24.2 Å². The lowest BCUT2D eigenvalue weighted by Gasteiger charge is -2.04. The first-order valence-electron chi connectivity index (χ1n) is 5.76. The van der Waals surface area contributed by atoms with Gasteiger partial charge in [0, 0.05) is 11.4 Å². The molecule has 18 heavy (non-hydrogen) atoms. The van der Waals surface area contributed by atoms with E-state index >= 15 is 0 Å². The predicted molar refractivity (Wildman–Crippen MR) is 70.1 cm³/mol. The maximum Gasteiger partial charge on any atom is 0.252 e. The van der Waals surface area contributed by atoms with Gasteiger partial charge in [-0.25, -0.2) is 13.6 Å². The van der Waals surface area contributed by atoms with Gasteiger partial charge in [0.25, 0.3) is 5.91 Å². The van der Waals surface area contributed by atoms with Crippen molar-refractivity contribution in [1.82, 2.24) is 5.32 Å². The van der Waals surface area contributed by atoms with Crippen LogP contribution in [0.25, 0.3) is 0 Å². The average Bonchev–Trinajstić information content (AvgIpc) is 2.88. The summed E-state index contributed by atoms with van der Waals surface area (Å²) in [7, 11) is -3.74. The van der Waals surface area contributed by atoms with Crippen LogP contribution in [-0.4, -0.2) is 20.4 Å². The van der Waals surface area contributed by atoms with Crippen molar-refractivity contribution in [3.05, 3.63) is 16.5 Å². The molecule has 1 aliphatic rings. The largest absolute Gasteiger partial charge is 0.349 e. The van der Waals surface area contributed by atoms with Gasteiger partial charge in [0.1, 0.15) is 4.21 Å². The van der Waals surface area contributed by atoms with Gasteiger partial charge >= 0.3 is 0 Å². The number of nitrogens with two attached hydrogens (primary N) is 1. The molecule has 0 bridgehead atoms. The topological polar surface area (TPSA) is 89.3 Å². The smallest absolute Gasteiger partial charge is 0.252 e. The van der Waals surface area contributed by atoms with Gasteiger partial charge in [-0.15, -0.1) is 11.3 Å². The second-order valence-electron chi connectivity index (χ2n) is 4.59. The van der Waals surface area contributed by atoms with Crippen LogP contribution in [0.4, 0.5) is 0 Å². The zero-order chi connectivity index (χ0) is 13.5. The van der Waals surface area contributed by atoms with Gasteiger partial charge in [-0.05, 0) is 24.8 Å². The van der Waals surface area contributed by atoms with Crippen LogP contribution < -0.4 is 10.5 Å². The molecular weight excluding hydrogens is 272 g/mol. The van der Waals surface area contributed by atoms with Crippen LogP contribution >= 0.6 is 11.3 Å². The average molecular weight is 288 g/mol. The standard InChI is InChI=1S/C11H16N2O3S2/c1-3-7-4-9(7)13-10(14)8-5-17-11(6(8)2)18(12,15)16/h5,7,9H,3-4H2,1-2H3,(H,13,14)(H2,12,15,16). The molecule has 100 valence electrons. The highest BCUT2D eigenvalue weighted by Gasteiger charge is 2.37. The highest BCUT2D eigenvalue weighted by Crippen LogP contribution is 2.34. The zero-order valence-corrected chi connectivity index (χ0v) is 11.9. The lowest BCUT2D eigenvalue weighted by Crippen LogP contribution is -2.27. The number of thiophene rings is 1. The zero-order valence-electron chi connectivity index (χ0n) is 10.3. The molecule has 1 amide bonds. The molecule has 1 saturated carbocycles. The summed E-state index contributed by atoms with van der Waals surface area (Å²) in [6.45, 7) is 3.70. The Labute approximate surface area is 110 Å². The fourth-order valence-electron chi connectivity index (χ4n) is 2.03. The number of sulfonamides is 1. The Bertz CT molecular complexity index is 577. The molecule has 2 atom stereocenters. The molecule has 0 aromatic carbocycles. The van der Waals surface area contributed by atoms with Crippen molar-refractivity contribution in [1.29, 1.82) is 0 Å². The fraction of sp³-hybridized carbons (Fsp3) is 0.545. The van der Waals surface area contributed by atoms with Gasteiger partial charge in [0.05, 0.1) is 5.56 Å². The normalized spacial score (nSPS) is 22.8. The molecule has 1 aromatic rings. The molecule has 2 unspecified atom stereocenters. The van der Waals surface area contributed by atoms with E-state index in [1.807, 2.05) is 0 Å². The first kappa shape index (κ1) is 13.5. The molecule has 0 radical (unpaired) electrons. The summed E-state index contributed by atoms with van der Waals surface area (Å²) in [5.74, 6) is 0.352. The van der Waals surface area contributed by atoms with Crippen LogP contribution in [-0.2, 0) is 10.0 Å². The number of carbonyl (C=O) groups is 1. The van der Waals surface area contributed by atoms with Crippen LogP contribution in [0.15, 0.2) is 9.59 Å². The Kier molecular flexibility index (Phi) is 3.48. The molecule has 0 saturated heterocycles. The van der Waals surface area contributed by atoms with E-state index in [0.29, 0.717) is 17.0 Å². The number of rotatable bonds is 4. The first-order chi connectivity index (χ1) is 8.34. The van der Waals surface area contributed by atoms with Crippen molar-refractivity contribution < 1.29 is 13.2 Å². The number of carbonyl (C=O) groups excluding carboxylic acids is 1. The fourth-order valence-corrected chi connectivity index (χ4v) is 4.04. The van der Waals surface area contributed by atoms with Crippen LogP contribution in [0.1, 0.15) is 35.7 Å². The second kappa shape index (κ2) is 4.64. The number of amides is 1. The molecule has 3 N–H and O–H groups in total. The molecule has 1 aliphatic carbocycles. The summed E-state index contributed by atoms with van der Waals surface area (Å²) in [6, 6.07) is 0.236. The number of nitrogens with one attached hydrogen (secondary N) is 1. The van der Waals surface area contributed by atoms with Crippen LogP contribution in [0, 0.1) is 12.8 Å². The quantitative estimate of drug-likeness (QED) is 0.873. The van der Waals surface area contributed by atoms with Gasteiger partial charge in [0.15, 0.2) is 0 Å². The molecule has 7 heteroatoms. The molecule has 0 spiro atoms. The van der Waals surface area contributed by atoms with E-state index in [1.54, 1.807) is 12.3 Å². The van der Waals surface area contributed by atoms with Crippen LogP contribution in [0.2, 0.25) is 0 Å². The highest BCUT2D eigenvalue weighted by molar-refractivity contribution is 7.91. The van der Waals surface area contributed by atoms with Crippen LogP contribution in [0.3, 0.4) is 0 Å². The maximum absolute atomic E-state index is 12.0. The van der Waals surface area contributed by atoms with Gasteiger partial charge in [0.2, 0.25) is 10.0 Å². The van der Waals surface area contributed by atoms with Crippen molar-refractivity contribution in [3.8, 4) is 0 Å². The first-order valence-corrected chi connectivity index (χ1v) is 8.19. The lowest BCUT2D eigenvalue weighted by atomic mass is 10.2. The highest BCUT2D eigenvalue weighted by atomic mass is 32.2. The van der Waals surface area contributed by atoms with Crippen molar-refractivity contribution >= 4 is 27.3 Å². The molecule has 1 fully saturated rings. The molecule has 1 aromatic heterocycles. The molecule has 2 rings (SSSR count). The molecule has 1 heterocycles. The third-order valence-corrected chi connectivity index (χ3v) is 5.94. The maximum atomic E-state index is 12.0. The molecule has 0 aliphatic heterocycles. The van der Waals surface area contributed by atoms with Crippen molar-refractivity contribution in [2.75, 3.05) is 0 Å². The van der Waals surface area contributed by atoms with E-state index in [-0.39, 0.29) is 16.2 Å². The van der Waals surface area contributed by atoms with E-state index in [2.05, 4.69) is 12.2 Å². The SMILES string of the molecule is CCC1CC1NC(=O)c1csc(S(N)(=O)=O)c1C. The van der Waals surface area contributed by atoms with Gasteiger partial charge in [-0.2, -0.15) is 0 Å². The Morgan fingerprint density at radius 2 is 2.28 bits per heavy atom. The van der Waals surface area contributed by atoms with Gasteiger partial charge < -0.3 is 5.32 Å². The second-order valence-corrected chi connectivity index (χ2v) is 7.23. The van der Waals surface area contributed by atoms with Gasteiger partial charge in [-0.3, -0.25) is 4.79 Å². The Balaban J connectivity index is 2.15. The van der Waals surface area contributed by atoms with E-state index in [9.17, 15) is 13.2 Å². The van der Waals surface area contributed by atoms with Crippen molar-refractivity contribution in [3.63, 3.8) is 0 Å². The Morgan fingerprint density at radius 1 is 1.61 bits per heavy atom. The number of hydrogen-bond acceptors (Lipinski definition) is 4. The van der Waals surface area contributed by atoms with E-state index in [1.165, 1.54) is 0 Å². The predicted octanol–water partition coefficient (Wildman–Crippen LogP) is 1.23. The summed E-state index contributed by atoms with van der Waals surface area (Å²) < 4.78 is 22.6. The van der Waals surface area contributed by atoms with Crippen molar-refractivity contribution in [2.45, 2.75) is 36.9 Å². The Hall–Kier alpha value is -0.920. The van der Waals surface area contributed by atoms with Crippen molar-refractivity contribution in [2.24, 2.45) is 11.1 Å². The third kappa shape index (κ3) is 2.57. The minimum atomic E-state index is -3.74. The van der Waals surface area contributed by atoms with E-state index < -0.39 is 10.0 Å². The minimum Gasteiger partial charge on any atom is -0.349 e. The Morgan fingerprint density at radius 3 is 2.72 bits per heavy atom. The van der Waals surface area contributed by atoms with Crippen LogP contribution in [0.5, 0.6) is 0 Å². The molecular formula is C11H16N2O3S2. The lowest BCUT2D eigenvalue weighted by molar-refractivity contribution is 0.0948. The minimum absolute atomic E-state index is 0.0653. The summed E-state index contributed by atoms with van der Waals surface area (Å²) in [5, 5.41) is 9.54. The summed E-state index contributed by atoms with van der Waals surface area (Å²) in [6.07, 6.45) is 2.06. The van der Waals surface area contributed by atoms with Gasteiger partial charge in [-0.1, -0.05) is 13.3 Å². The molecule has 5 nitrogen and oxygen atoms in total. The number of primary sulfonamides is 1. The summed E-state index contributed by atoms with van der Waals surface area (Å²) >= 11 is 0.992. The van der Waals surface area contributed by atoms with E-state index in [4.69, 9.17) is 5.14 Å². The summed E-state index contributed by atoms with van der Waals surface area (Å²) in [5.41, 5.74) is 0.847. The number of hydrogen-bond donors (Lipinski definition) is 2. The summed E-state index contributed by atoms with van der Waals surface area (Å²) in [4.78, 5) is 12.0. The third-order valence-electron chi connectivity index (χ3n) is 3.26. The monoisotopic (exact) mass is 288 g/mol.